The van der Waals surface area contributed by atoms with Gasteiger partial charge in [-0.2, -0.15) is 8.78 Å². The van der Waals surface area contributed by atoms with Gasteiger partial charge in [0.25, 0.3) is 5.92 Å². The van der Waals surface area contributed by atoms with Crippen molar-refractivity contribution in [3.8, 4) is 0 Å². The second kappa shape index (κ2) is 4.67. The van der Waals surface area contributed by atoms with E-state index in [0.717, 1.165) is 6.92 Å². The van der Waals surface area contributed by atoms with Crippen LogP contribution in [-0.2, 0) is 5.92 Å². The Balaban J connectivity index is 3.48. The van der Waals surface area contributed by atoms with E-state index in [-0.39, 0.29) is 23.2 Å². The number of pyridine rings is 1. The lowest BCUT2D eigenvalue weighted by atomic mass is 9.97. The van der Waals surface area contributed by atoms with Gasteiger partial charge in [0.15, 0.2) is 0 Å². The molecule has 0 bridgehead atoms. The first-order valence-corrected chi connectivity index (χ1v) is 5.73. The predicted octanol–water partition coefficient (Wildman–Crippen LogP) is 4.58. The minimum atomic E-state index is -3.04. The zero-order valence-corrected chi connectivity index (χ0v) is 10.8. The van der Waals surface area contributed by atoms with Gasteiger partial charge >= 0.3 is 0 Å². The summed E-state index contributed by atoms with van der Waals surface area (Å²) in [6.45, 7) is 7.82. The van der Waals surface area contributed by atoms with Gasteiger partial charge in [-0.3, -0.25) is 0 Å². The Hall–Kier alpha value is -1.06. The lowest BCUT2D eigenvalue weighted by molar-refractivity contribution is 0.0122. The standard InChI is InChI=1S/C13H18F3N/c1-7(2)9-6-10(13(5,15)16)17-12(8(3)4)11(9)14/h6-8H,1-5H3. The highest BCUT2D eigenvalue weighted by Gasteiger charge is 2.29. The van der Waals surface area contributed by atoms with E-state index in [1.807, 2.05) is 0 Å². The molecule has 1 rings (SSSR count). The molecule has 0 radical (unpaired) electrons. The first-order valence-electron chi connectivity index (χ1n) is 5.73. The van der Waals surface area contributed by atoms with E-state index < -0.39 is 11.7 Å². The van der Waals surface area contributed by atoms with Crippen molar-refractivity contribution in [3.63, 3.8) is 0 Å². The third kappa shape index (κ3) is 2.99. The average molecular weight is 245 g/mol. The predicted molar refractivity (Wildman–Crippen MR) is 61.9 cm³/mol. The largest absolute Gasteiger partial charge is 0.286 e. The Bertz CT molecular complexity index is 377. The molecule has 1 nitrogen and oxygen atoms in total. The van der Waals surface area contributed by atoms with Crippen molar-refractivity contribution in [1.29, 1.82) is 0 Å². The number of alkyl halides is 2. The van der Waals surface area contributed by atoms with Crippen LogP contribution in [0.3, 0.4) is 0 Å². The van der Waals surface area contributed by atoms with Crippen LogP contribution in [0.25, 0.3) is 0 Å². The molecular weight excluding hydrogens is 227 g/mol. The summed E-state index contributed by atoms with van der Waals surface area (Å²) in [5, 5.41) is 0. The number of hydrogen-bond donors (Lipinski definition) is 0. The highest BCUT2D eigenvalue weighted by atomic mass is 19.3. The van der Waals surface area contributed by atoms with Gasteiger partial charge in [-0.05, 0) is 23.5 Å². The van der Waals surface area contributed by atoms with E-state index in [9.17, 15) is 13.2 Å². The van der Waals surface area contributed by atoms with Crippen LogP contribution in [0, 0.1) is 5.82 Å². The van der Waals surface area contributed by atoms with E-state index in [0.29, 0.717) is 5.56 Å². The normalized spacial score (nSPS) is 12.6. The van der Waals surface area contributed by atoms with E-state index >= 15 is 0 Å². The smallest absolute Gasteiger partial charge is 0.248 e. The minimum absolute atomic E-state index is 0.118. The zero-order valence-electron chi connectivity index (χ0n) is 10.8. The fraction of sp³-hybridized carbons (Fsp3) is 0.615. The maximum Gasteiger partial charge on any atom is 0.286 e. The van der Waals surface area contributed by atoms with Crippen LogP contribution in [-0.4, -0.2) is 4.98 Å². The molecule has 0 aliphatic carbocycles. The highest BCUT2D eigenvalue weighted by Crippen LogP contribution is 2.32. The molecule has 0 saturated carbocycles. The molecule has 0 amide bonds. The first kappa shape index (κ1) is 14.0. The number of aromatic nitrogens is 1. The van der Waals surface area contributed by atoms with Crippen LogP contribution in [0.5, 0.6) is 0 Å². The molecule has 0 atom stereocenters. The van der Waals surface area contributed by atoms with E-state index in [2.05, 4.69) is 4.98 Å². The fourth-order valence-electron chi connectivity index (χ4n) is 1.60. The Morgan fingerprint density at radius 3 is 2.00 bits per heavy atom. The molecule has 0 fully saturated rings. The fourth-order valence-corrected chi connectivity index (χ4v) is 1.60. The molecular formula is C13H18F3N. The van der Waals surface area contributed by atoms with Gasteiger partial charge in [0.2, 0.25) is 0 Å². The third-order valence-corrected chi connectivity index (χ3v) is 2.63. The quantitative estimate of drug-likeness (QED) is 0.759. The van der Waals surface area contributed by atoms with Gasteiger partial charge in [0.05, 0.1) is 5.69 Å². The summed E-state index contributed by atoms with van der Waals surface area (Å²) in [6, 6.07) is 1.17. The average Bonchev–Trinajstić information content (AvgIpc) is 2.14. The van der Waals surface area contributed by atoms with Crippen LogP contribution < -0.4 is 0 Å². The Labute approximate surface area is 100 Å². The summed E-state index contributed by atoms with van der Waals surface area (Å²) >= 11 is 0. The molecule has 0 aliphatic heterocycles. The van der Waals surface area contributed by atoms with Crippen LogP contribution >= 0.6 is 0 Å². The summed E-state index contributed by atoms with van der Waals surface area (Å²) in [6.07, 6.45) is 0. The van der Waals surface area contributed by atoms with Crippen molar-refractivity contribution in [2.75, 3.05) is 0 Å². The van der Waals surface area contributed by atoms with Gasteiger partial charge in [-0.1, -0.05) is 27.7 Å². The van der Waals surface area contributed by atoms with Crippen molar-refractivity contribution in [1.82, 2.24) is 4.98 Å². The molecule has 1 aromatic rings. The molecule has 0 spiro atoms. The van der Waals surface area contributed by atoms with E-state index in [4.69, 9.17) is 0 Å². The van der Waals surface area contributed by atoms with Crippen LogP contribution in [0.15, 0.2) is 6.07 Å². The van der Waals surface area contributed by atoms with Crippen molar-refractivity contribution in [2.45, 2.75) is 52.4 Å². The number of nitrogens with zero attached hydrogens (tertiary/aromatic N) is 1. The summed E-state index contributed by atoms with van der Waals surface area (Å²) < 4.78 is 40.6. The summed E-state index contributed by atoms with van der Waals surface area (Å²) in [4.78, 5) is 3.76. The van der Waals surface area contributed by atoms with Gasteiger partial charge < -0.3 is 0 Å². The van der Waals surface area contributed by atoms with E-state index in [1.54, 1.807) is 27.7 Å². The van der Waals surface area contributed by atoms with Gasteiger partial charge in [-0.25, -0.2) is 9.37 Å². The van der Waals surface area contributed by atoms with Gasteiger partial charge in [0, 0.05) is 6.92 Å². The Morgan fingerprint density at radius 2 is 1.65 bits per heavy atom. The maximum absolute atomic E-state index is 14.0. The van der Waals surface area contributed by atoms with Crippen molar-refractivity contribution in [3.05, 3.63) is 28.8 Å². The highest BCUT2D eigenvalue weighted by molar-refractivity contribution is 5.29. The Morgan fingerprint density at radius 1 is 1.12 bits per heavy atom. The van der Waals surface area contributed by atoms with Crippen molar-refractivity contribution < 1.29 is 13.2 Å². The monoisotopic (exact) mass is 245 g/mol. The van der Waals surface area contributed by atoms with Crippen molar-refractivity contribution >= 4 is 0 Å². The molecule has 0 aliphatic rings. The first-order chi connectivity index (χ1) is 7.64. The topological polar surface area (TPSA) is 12.9 Å². The molecule has 4 heteroatoms. The summed E-state index contributed by atoms with van der Waals surface area (Å²) in [5.74, 6) is -3.85. The second-order valence-electron chi connectivity index (χ2n) is 4.99. The zero-order chi connectivity index (χ0) is 13.4. The minimum Gasteiger partial charge on any atom is -0.248 e. The molecule has 0 saturated heterocycles. The Kier molecular flexibility index (Phi) is 3.84. The van der Waals surface area contributed by atoms with Gasteiger partial charge in [0.1, 0.15) is 11.5 Å². The molecule has 96 valence electrons. The molecule has 1 heterocycles. The van der Waals surface area contributed by atoms with E-state index in [1.165, 1.54) is 6.07 Å². The molecule has 17 heavy (non-hydrogen) atoms. The molecule has 0 N–H and O–H groups in total. The maximum atomic E-state index is 14.0. The summed E-state index contributed by atoms with van der Waals surface area (Å²) in [5.41, 5.74) is 0.0688. The number of halogens is 3. The SMILES string of the molecule is CC(C)c1cc(C(C)(F)F)nc(C(C)C)c1F. The van der Waals surface area contributed by atoms with Crippen LogP contribution in [0.4, 0.5) is 13.2 Å². The van der Waals surface area contributed by atoms with Crippen LogP contribution in [0.1, 0.15) is 63.4 Å². The lowest BCUT2D eigenvalue weighted by Crippen LogP contribution is -2.15. The lowest BCUT2D eigenvalue weighted by Gasteiger charge is -2.18. The van der Waals surface area contributed by atoms with Crippen LogP contribution in [0.2, 0.25) is 0 Å². The summed E-state index contributed by atoms with van der Waals surface area (Å²) in [7, 11) is 0. The number of hydrogen-bond acceptors (Lipinski definition) is 1. The van der Waals surface area contributed by atoms with Crippen molar-refractivity contribution in [2.24, 2.45) is 0 Å². The molecule has 0 unspecified atom stereocenters. The molecule has 1 aromatic heterocycles. The second-order valence-corrected chi connectivity index (χ2v) is 4.99. The molecule has 0 aromatic carbocycles. The third-order valence-electron chi connectivity index (χ3n) is 2.63. The van der Waals surface area contributed by atoms with Gasteiger partial charge in [-0.15, -0.1) is 0 Å². The number of rotatable bonds is 3.